The molecule has 7 heteroatoms. The van der Waals surface area contributed by atoms with Crippen LogP contribution in [-0.2, 0) is 0 Å². The van der Waals surface area contributed by atoms with Crippen LogP contribution in [0.25, 0.3) is 0 Å². The van der Waals surface area contributed by atoms with Gasteiger partial charge in [-0.2, -0.15) is 0 Å². The van der Waals surface area contributed by atoms with E-state index in [9.17, 15) is 0 Å². The zero-order valence-electron chi connectivity index (χ0n) is 17.1. The first kappa shape index (κ1) is 20.4. The summed E-state index contributed by atoms with van der Waals surface area (Å²) in [6, 6.07) is 10.4. The number of rotatable bonds is 6. The molecule has 4 rings (SSSR count). The van der Waals surface area contributed by atoms with Crippen LogP contribution in [0.2, 0.25) is 5.02 Å². The van der Waals surface area contributed by atoms with Crippen molar-refractivity contribution in [3.63, 3.8) is 0 Å². The highest BCUT2D eigenvalue weighted by Crippen LogP contribution is 2.50. The van der Waals surface area contributed by atoms with E-state index in [0.717, 1.165) is 28.6 Å². The number of ether oxygens (including phenoxy) is 2. The van der Waals surface area contributed by atoms with Crippen LogP contribution in [0.3, 0.4) is 0 Å². The van der Waals surface area contributed by atoms with E-state index in [0.29, 0.717) is 22.6 Å². The number of hydrogen-bond donors (Lipinski definition) is 0. The van der Waals surface area contributed by atoms with Crippen LogP contribution in [0.15, 0.2) is 41.5 Å². The van der Waals surface area contributed by atoms with Gasteiger partial charge in [-0.1, -0.05) is 36.4 Å². The molecule has 3 heterocycles. The molecule has 2 aromatic rings. The zero-order chi connectivity index (χ0) is 20.5. The topological polar surface area (TPSA) is 47.0 Å². The standard InChI is InChI=1S/C22H26ClN3O2S/c1-5-15-12-29-22-25-19(17-8-6-7-9-24-17)20(26(15)22)14-10-16(23)21(28-13(2)3)18(11-14)27-4/h6-11,13,15,19-20H,5,12H2,1-4H3/t15-,19-,20+/m1/s1. The highest BCUT2D eigenvalue weighted by Gasteiger charge is 2.45. The summed E-state index contributed by atoms with van der Waals surface area (Å²) in [6.45, 7) is 6.18. The zero-order valence-corrected chi connectivity index (χ0v) is 18.7. The van der Waals surface area contributed by atoms with Gasteiger partial charge in [0.15, 0.2) is 16.7 Å². The number of methoxy groups -OCH3 is 1. The number of hydrogen-bond acceptors (Lipinski definition) is 6. The molecule has 0 spiro atoms. The second kappa shape index (κ2) is 8.44. The Balaban J connectivity index is 1.80. The van der Waals surface area contributed by atoms with Gasteiger partial charge in [-0.15, -0.1) is 0 Å². The predicted octanol–water partition coefficient (Wildman–Crippen LogP) is 5.51. The molecule has 29 heavy (non-hydrogen) atoms. The Morgan fingerprint density at radius 3 is 2.79 bits per heavy atom. The maximum Gasteiger partial charge on any atom is 0.180 e. The third kappa shape index (κ3) is 3.80. The number of benzene rings is 1. The van der Waals surface area contributed by atoms with Crippen molar-refractivity contribution in [3.8, 4) is 11.5 Å². The quantitative estimate of drug-likeness (QED) is 0.603. The van der Waals surface area contributed by atoms with Crippen molar-refractivity contribution in [2.24, 2.45) is 4.99 Å². The molecule has 2 aliphatic rings. The van der Waals surface area contributed by atoms with E-state index in [4.69, 9.17) is 26.1 Å². The van der Waals surface area contributed by atoms with E-state index in [1.165, 1.54) is 0 Å². The van der Waals surface area contributed by atoms with Crippen LogP contribution in [0.4, 0.5) is 0 Å². The van der Waals surface area contributed by atoms with E-state index in [1.54, 1.807) is 7.11 Å². The molecular weight excluding hydrogens is 406 g/mol. The van der Waals surface area contributed by atoms with Crippen LogP contribution in [0, 0.1) is 0 Å². The molecule has 1 saturated heterocycles. The lowest BCUT2D eigenvalue weighted by Gasteiger charge is -2.32. The first-order valence-electron chi connectivity index (χ1n) is 9.97. The second-order valence-corrected chi connectivity index (χ2v) is 8.93. The molecular formula is C22H26ClN3O2S. The lowest BCUT2D eigenvalue weighted by atomic mass is 9.95. The fourth-order valence-corrected chi connectivity index (χ4v) is 5.57. The summed E-state index contributed by atoms with van der Waals surface area (Å²) in [6.07, 6.45) is 2.90. The van der Waals surface area contributed by atoms with Crippen LogP contribution in [0.5, 0.6) is 11.5 Å². The first-order valence-corrected chi connectivity index (χ1v) is 11.3. The average Bonchev–Trinajstić information content (AvgIpc) is 3.28. The molecule has 1 fully saturated rings. The summed E-state index contributed by atoms with van der Waals surface area (Å²) in [7, 11) is 1.65. The minimum atomic E-state index is -0.0781. The second-order valence-electron chi connectivity index (χ2n) is 7.54. The van der Waals surface area contributed by atoms with Crippen LogP contribution in [0.1, 0.15) is 50.5 Å². The van der Waals surface area contributed by atoms with Gasteiger partial charge < -0.3 is 14.4 Å². The molecule has 5 nitrogen and oxygen atoms in total. The average molecular weight is 432 g/mol. The molecule has 0 unspecified atom stereocenters. The summed E-state index contributed by atoms with van der Waals surface area (Å²) in [5.74, 6) is 2.29. The summed E-state index contributed by atoms with van der Waals surface area (Å²) < 4.78 is 11.6. The number of aromatic nitrogens is 1. The van der Waals surface area contributed by atoms with Gasteiger partial charge in [-0.3, -0.25) is 9.98 Å². The van der Waals surface area contributed by atoms with Crippen LogP contribution in [-0.4, -0.2) is 40.1 Å². The number of halogens is 1. The lowest BCUT2D eigenvalue weighted by Crippen LogP contribution is -2.35. The molecule has 154 valence electrons. The van der Waals surface area contributed by atoms with E-state index < -0.39 is 0 Å². The van der Waals surface area contributed by atoms with Gasteiger partial charge in [0, 0.05) is 18.0 Å². The van der Waals surface area contributed by atoms with Gasteiger partial charge in [0.2, 0.25) is 0 Å². The molecule has 0 bridgehead atoms. The molecule has 0 amide bonds. The number of pyridine rings is 1. The van der Waals surface area contributed by atoms with Crippen LogP contribution < -0.4 is 9.47 Å². The third-order valence-corrected chi connectivity index (χ3v) is 6.68. The van der Waals surface area contributed by atoms with Gasteiger partial charge in [0.25, 0.3) is 0 Å². The molecule has 1 aromatic carbocycles. The van der Waals surface area contributed by atoms with Crippen molar-refractivity contribution < 1.29 is 9.47 Å². The maximum atomic E-state index is 6.66. The molecule has 0 saturated carbocycles. The fraction of sp³-hybridized carbons (Fsp3) is 0.455. The number of aliphatic imine (C=N–C) groups is 1. The molecule has 0 aliphatic carbocycles. The van der Waals surface area contributed by atoms with E-state index >= 15 is 0 Å². The summed E-state index contributed by atoms with van der Waals surface area (Å²) in [4.78, 5) is 12.1. The Labute approximate surface area is 181 Å². The number of fused-ring (bicyclic) bond motifs is 1. The smallest absolute Gasteiger partial charge is 0.180 e. The van der Waals surface area contributed by atoms with E-state index in [1.807, 2.05) is 62.1 Å². The predicted molar refractivity (Wildman–Crippen MR) is 119 cm³/mol. The van der Waals surface area contributed by atoms with Crippen molar-refractivity contribution in [2.75, 3.05) is 12.9 Å². The van der Waals surface area contributed by atoms with Crippen molar-refractivity contribution in [3.05, 3.63) is 52.8 Å². The Morgan fingerprint density at radius 2 is 2.14 bits per heavy atom. The van der Waals surface area contributed by atoms with Crippen molar-refractivity contribution in [2.45, 2.75) is 51.4 Å². The lowest BCUT2D eigenvalue weighted by molar-refractivity contribution is 0.228. The first-order chi connectivity index (χ1) is 14.0. The van der Waals surface area contributed by atoms with Gasteiger partial charge in [0.1, 0.15) is 6.04 Å². The SMILES string of the molecule is CC[C@@H]1CSC2=N[C@H](c3ccccn3)[C@H](c3cc(Cl)c(OC(C)C)c(OC)c3)N21. The van der Waals surface area contributed by atoms with Gasteiger partial charge in [-0.25, -0.2) is 0 Å². The van der Waals surface area contributed by atoms with E-state index in [2.05, 4.69) is 16.8 Å². The summed E-state index contributed by atoms with van der Waals surface area (Å²) in [5, 5.41) is 1.65. The maximum absolute atomic E-state index is 6.66. The van der Waals surface area contributed by atoms with Gasteiger partial charge >= 0.3 is 0 Å². The van der Waals surface area contributed by atoms with E-state index in [-0.39, 0.29) is 18.2 Å². The third-order valence-electron chi connectivity index (χ3n) is 5.28. The Kier molecular flexibility index (Phi) is 5.93. The largest absolute Gasteiger partial charge is 0.493 e. The summed E-state index contributed by atoms with van der Waals surface area (Å²) in [5.41, 5.74) is 2.03. The minimum absolute atomic E-state index is 0.00869. The highest BCUT2D eigenvalue weighted by atomic mass is 35.5. The Bertz CT molecular complexity index is 906. The number of nitrogens with zero attached hydrogens (tertiary/aromatic N) is 3. The Morgan fingerprint density at radius 1 is 1.31 bits per heavy atom. The molecule has 1 aromatic heterocycles. The number of amidine groups is 1. The molecule has 3 atom stereocenters. The monoisotopic (exact) mass is 431 g/mol. The highest BCUT2D eigenvalue weighted by molar-refractivity contribution is 8.14. The van der Waals surface area contributed by atoms with Crippen molar-refractivity contribution >= 4 is 28.5 Å². The van der Waals surface area contributed by atoms with Crippen LogP contribution >= 0.6 is 23.4 Å². The molecule has 0 radical (unpaired) electrons. The fourth-order valence-electron chi connectivity index (χ4n) is 3.97. The normalized spacial score (nSPS) is 23.3. The van der Waals surface area contributed by atoms with Crippen molar-refractivity contribution in [1.29, 1.82) is 0 Å². The van der Waals surface area contributed by atoms with Gasteiger partial charge in [-0.05, 0) is 50.1 Å². The summed E-state index contributed by atoms with van der Waals surface area (Å²) >= 11 is 8.49. The van der Waals surface area contributed by atoms with Gasteiger partial charge in [0.05, 0.1) is 30.0 Å². The number of thioether (sulfide) groups is 1. The molecule has 2 aliphatic heterocycles. The molecule has 0 N–H and O–H groups in total. The minimum Gasteiger partial charge on any atom is -0.493 e. The Hall–Kier alpha value is -1.92. The van der Waals surface area contributed by atoms with Crippen molar-refractivity contribution in [1.82, 2.24) is 9.88 Å².